The molecule has 0 radical (unpaired) electrons. The minimum Gasteiger partial charge on any atom is -0.393 e. The predicted octanol–water partition coefficient (Wildman–Crippen LogP) is 4.46. The van der Waals surface area contributed by atoms with E-state index in [-0.39, 0.29) is 23.7 Å². The number of nitrogens with two attached hydrogens (primary N) is 1. The summed E-state index contributed by atoms with van der Waals surface area (Å²) in [5.41, 5.74) is 7.85. The van der Waals surface area contributed by atoms with Gasteiger partial charge in [0.1, 0.15) is 0 Å². The molecule has 158 valence electrons. The summed E-state index contributed by atoms with van der Waals surface area (Å²) in [6.07, 6.45) is 8.74. The third-order valence-corrected chi connectivity index (χ3v) is 5.43. The van der Waals surface area contributed by atoms with Crippen LogP contribution in [0.25, 0.3) is 11.3 Å². The van der Waals surface area contributed by atoms with Crippen molar-refractivity contribution in [2.24, 2.45) is 0 Å². The third kappa shape index (κ3) is 5.68. The fraction of sp³-hybridized carbons (Fsp3) is 0.348. The molecule has 3 aromatic rings. The molecular formula is C23H27ClN4O2. The molecule has 1 atom stereocenters. The number of nitrogen functional groups attached to an aromatic ring is 1. The number of pyridine rings is 1. The zero-order valence-electron chi connectivity index (χ0n) is 17.0. The van der Waals surface area contributed by atoms with Crippen LogP contribution in [-0.2, 0) is 0 Å². The van der Waals surface area contributed by atoms with E-state index in [1.165, 1.54) is 12.8 Å². The summed E-state index contributed by atoms with van der Waals surface area (Å²) in [7, 11) is 0. The molecule has 2 heterocycles. The largest absolute Gasteiger partial charge is 0.393 e. The third-order valence-electron chi connectivity index (χ3n) is 5.20. The highest BCUT2D eigenvalue weighted by Crippen LogP contribution is 2.24. The van der Waals surface area contributed by atoms with E-state index in [1.807, 2.05) is 37.3 Å². The van der Waals surface area contributed by atoms with E-state index in [0.29, 0.717) is 16.3 Å². The molecule has 6 nitrogen and oxygen atoms in total. The van der Waals surface area contributed by atoms with Gasteiger partial charge in [-0.05, 0) is 49.1 Å². The average Bonchev–Trinajstić information content (AvgIpc) is 3.21. The predicted molar refractivity (Wildman–Crippen MR) is 120 cm³/mol. The maximum absolute atomic E-state index is 12.6. The van der Waals surface area contributed by atoms with Gasteiger partial charge in [-0.1, -0.05) is 43.5 Å². The molecule has 0 amide bonds. The molecule has 1 saturated carbocycles. The van der Waals surface area contributed by atoms with E-state index in [9.17, 15) is 4.79 Å². The number of rotatable bonds is 4. The van der Waals surface area contributed by atoms with Crippen LogP contribution in [0.4, 0.5) is 5.95 Å². The zero-order valence-corrected chi connectivity index (χ0v) is 17.8. The van der Waals surface area contributed by atoms with E-state index in [2.05, 4.69) is 9.97 Å². The van der Waals surface area contributed by atoms with Crippen molar-refractivity contribution in [3.8, 4) is 11.3 Å². The lowest BCUT2D eigenvalue weighted by Gasteiger charge is -2.19. The maximum Gasteiger partial charge on any atom is 0.251 e. The Morgan fingerprint density at radius 3 is 2.57 bits per heavy atom. The first kappa shape index (κ1) is 22.0. The quantitative estimate of drug-likeness (QED) is 0.642. The van der Waals surface area contributed by atoms with Crippen LogP contribution in [-0.4, -0.2) is 25.7 Å². The molecule has 0 bridgehead atoms. The Morgan fingerprint density at radius 2 is 2.00 bits per heavy atom. The number of benzene rings is 1. The van der Waals surface area contributed by atoms with Crippen LogP contribution >= 0.6 is 11.6 Å². The summed E-state index contributed by atoms with van der Waals surface area (Å²) in [6, 6.07) is 12.7. The van der Waals surface area contributed by atoms with E-state index < -0.39 is 0 Å². The summed E-state index contributed by atoms with van der Waals surface area (Å²) in [4.78, 5) is 20.6. The molecule has 2 aromatic heterocycles. The van der Waals surface area contributed by atoms with E-state index in [1.54, 1.807) is 29.1 Å². The zero-order chi connectivity index (χ0) is 21.5. The van der Waals surface area contributed by atoms with Gasteiger partial charge in [-0.25, -0.2) is 9.97 Å². The minimum atomic E-state index is -0.100. The Morgan fingerprint density at radius 1 is 1.23 bits per heavy atom. The van der Waals surface area contributed by atoms with Crippen molar-refractivity contribution < 1.29 is 5.11 Å². The van der Waals surface area contributed by atoms with Crippen molar-refractivity contribution in [3.05, 3.63) is 75.8 Å². The van der Waals surface area contributed by atoms with Gasteiger partial charge in [0.25, 0.3) is 5.56 Å². The van der Waals surface area contributed by atoms with Crippen molar-refractivity contribution in [2.45, 2.75) is 51.2 Å². The Balaban J connectivity index is 0.000000367. The molecule has 3 N–H and O–H groups in total. The van der Waals surface area contributed by atoms with Gasteiger partial charge in [0.15, 0.2) is 0 Å². The number of nitrogens with zero attached hydrogens (tertiary/aromatic N) is 3. The van der Waals surface area contributed by atoms with Crippen LogP contribution < -0.4 is 11.3 Å². The molecule has 30 heavy (non-hydrogen) atoms. The topological polar surface area (TPSA) is 94.0 Å². The van der Waals surface area contributed by atoms with Crippen LogP contribution in [0.5, 0.6) is 0 Å². The van der Waals surface area contributed by atoms with Crippen LogP contribution in [0, 0.1) is 0 Å². The summed E-state index contributed by atoms with van der Waals surface area (Å²) in [6.45, 7) is 2.04. The Bertz CT molecular complexity index is 1030. The van der Waals surface area contributed by atoms with Gasteiger partial charge < -0.3 is 15.4 Å². The highest BCUT2D eigenvalue weighted by molar-refractivity contribution is 6.30. The molecule has 7 heteroatoms. The molecule has 1 aliphatic rings. The van der Waals surface area contributed by atoms with Crippen molar-refractivity contribution >= 4 is 17.5 Å². The molecule has 0 spiro atoms. The summed E-state index contributed by atoms with van der Waals surface area (Å²) >= 11 is 6.08. The van der Waals surface area contributed by atoms with Crippen molar-refractivity contribution in [3.63, 3.8) is 0 Å². The Hall–Kier alpha value is -2.70. The van der Waals surface area contributed by atoms with Crippen LogP contribution in [0.2, 0.25) is 5.02 Å². The van der Waals surface area contributed by atoms with Gasteiger partial charge in [0.2, 0.25) is 5.95 Å². The van der Waals surface area contributed by atoms with Crippen molar-refractivity contribution in [1.82, 2.24) is 14.5 Å². The molecular weight excluding hydrogens is 400 g/mol. The van der Waals surface area contributed by atoms with Crippen LogP contribution in [0.1, 0.15) is 50.6 Å². The SMILES string of the molecule is CCC(c1cccc(Cl)c1)n1ccc(-c2ccnc(N)n2)cc1=O.OC1CCCC1. The lowest BCUT2D eigenvalue weighted by molar-refractivity contribution is 0.183. The first-order chi connectivity index (χ1) is 14.5. The molecule has 0 aliphatic heterocycles. The second-order valence-electron chi connectivity index (χ2n) is 7.38. The highest BCUT2D eigenvalue weighted by atomic mass is 35.5. The minimum absolute atomic E-state index is 0.0463. The number of aliphatic hydroxyl groups excluding tert-OH is 1. The normalized spacial score (nSPS) is 14.8. The summed E-state index contributed by atoms with van der Waals surface area (Å²) in [5.74, 6) is 0.182. The standard InChI is InChI=1S/C18H17ClN4O.C5H10O/c1-2-16(13-4-3-5-14(19)10-13)23-9-7-12(11-17(23)24)15-6-8-21-18(20)22-15;6-5-3-1-2-4-5/h3-11,16H,2H2,1H3,(H2,20,21,22);5-6H,1-4H2. The van der Waals surface area contributed by atoms with E-state index in [4.69, 9.17) is 22.4 Å². The number of aromatic nitrogens is 3. The monoisotopic (exact) mass is 426 g/mol. The number of aliphatic hydroxyl groups is 1. The van der Waals surface area contributed by atoms with Crippen molar-refractivity contribution in [1.29, 1.82) is 0 Å². The number of anilines is 1. The fourth-order valence-corrected chi connectivity index (χ4v) is 3.85. The Labute approximate surface area is 181 Å². The highest BCUT2D eigenvalue weighted by Gasteiger charge is 2.14. The van der Waals surface area contributed by atoms with Gasteiger partial charge in [-0.15, -0.1) is 0 Å². The number of hydrogen-bond acceptors (Lipinski definition) is 5. The second-order valence-corrected chi connectivity index (χ2v) is 7.81. The first-order valence-electron chi connectivity index (χ1n) is 10.2. The lowest BCUT2D eigenvalue weighted by Crippen LogP contribution is -2.24. The van der Waals surface area contributed by atoms with Gasteiger partial charge >= 0.3 is 0 Å². The van der Waals surface area contributed by atoms with E-state index in [0.717, 1.165) is 24.8 Å². The van der Waals surface area contributed by atoms with Gasteiger partial charge in [-0.3, -0.25) is 4.79 Å². The smallest absolute Gasteiger partial charge is 0.251 e. The molecule has 4 rings (SSSR count). The van der Waals surface area contributed by atoms with Crippen LogP contribution in [0.15, 0.2) is 59.7 Å². The molecule has 0 saturated heterocycles. The van der Waals surface area contributed by atoms with Gasteiger partial charge in [-0.2, -0.15) is 0 Å². The second kappa shape index (κ2) is 10.4. The average molecular weight is 427 g/mol. The first-order valence-corrected chi connectivity index (χ1v) is 10.6. The van der Waals surface area contributed by atoms with E-state index >= 15 is 0 Å². The maximum atomic E-state index is 12.6. The summed E-state index contributed by atoms with van der Waals surface area (Å²) < 4.78 is 1.71. The molecule has 1 fully saturated rings. The number of halogens is 1. The van der Waals surface area contributed by atoms with Gasteiger partial charge in [0, 0.05) is 29.0 Å². The molecule has 1 unspecified atom stereocenters. The van der Waals surface area contributed by atoms with Crippen molar-refractivity contribution in [2.75, 3.05) is 5.73 Å². The number of hydrogen-bond donors (Lipinski definition) is 2. The Kier molecular flexibility index (Phi) is 7.60. The molecule has 1 aromatic carbocycles. The van der Waals surface area contributed by atoms with Crippen LogP contribution in [0.3, 0.4) is 0 Å². The molecule has 1 aliphatic carbocycles. The summed E-state index contributed by atoms with van der Waals surface area (Å²) in [5, 5.41) is 9.39. The fourth-order valence-electron chi connectivity index (χ4n) is 3.65. The van der Waals surface area contributed by atoms with Gasteiger partial charge in [0.05, 0.1) is 17.8 Å². The lowest BCUT2D eigenvalue weighted by atomic mass is 10.0.